The number of carbonyl (C=O) groups is 1. The first kappa shape index (κ1) is 18.1. The van der Waals surface area contributed by atoms with Gasteiger partial charge in [-0.25, -0.2) is 4.39 Å². The molecule has 128 valence electrons. The van der Waals surface area contributed by atoms with Gasteiger partial charge in [-0.2, -0.15) is 0 Å². The van der Waals surface area contributed by atoms with Crippen molar-refractivity contribution in [3.8, 4) is 11.1 Å². The van der Waals surface area contributed by atoms with Gasteiger partial charge >= 0.3 is 5.97 Å². The molecule has 0 radical (unpaired) electrons. The van der Waals surface area contributed by atoms with Crippen LogP contribution in [0, 0.1) is 5.82 Å². The normalized spacial score (nSPS) is 11.2. The van der Waals surface area contributed by atoms with Crippen LogP contribution in [0.3, 0.4) is 0 Å². The predicted molar refractivity (Wildman–Crippen MR) is 93.3 cm³/mol. The summed E-state index contributed by atoms with van der Waals surface area (Å²) >= 11 is 0. The summed E-state index contributed by atoms with van der Waals surface area (Å²) < 4.78 is 18.5. The van der Waals surface area contributed by atoms with Crippen LogP contribution in [-0.2, 0) is 16.1 Å². The van der Waals surface area contributed by atoms with Crippen LogP contribution < -0.4 is 0 Å². The van der Waals surface area contributed by atoms with E-state index in [0.29, 0.717) is 0 Å². The number of esters is 1. The zero-order valence-electron chi connectivity index (χ0n) is 14.9. The van der Waals surface area contributed by atoms with Crippen molar-refractivity contribution < 1.29 is 13.9 Å². The Bertz CT molecular complexity index is 721. The molecule has 1 heterocycles. The Morgan fingerprint density at radius 3 is 2.25 bits per heavy atom. The number of halogens is 1. The fraction of sp³-hybridized carbons (Fsp3) is 0.400. The lowest BCUT2D eigenvalue weighted by Gasteiger charge is -2.20. The van der Waals surface area contributed by atoms with Crippen molar-refractivity contribution in [3.05, 3.63) is 53.1 Å². The first-order valence-electron chi connectivity index (χ1n) is 8.22. The molecule has 0 spiro atoms. The van der Waals surface area contributed by atoms with Crippen molar-refractivity contribution >= 4 is 5.97 Å². The number of benzene rings is 1. The summed E-state index contributed by atoms with van der Waals surface area (Å²) in [6.07, 6.45) is 0. The summed E-state index contributed by atoms with van der Waals surface area (Å²) in [5.41, 5.74) is 4.62. The van der Waals surface area contributed by atoms with Crippen molar-refractivity contribution in [1.82, 2.24) is 4.98 Å². The van der Waals surface area contributed by atoms with Crippen LogP contribution in [0.4, 0.5) is 4.39 Å². The molecule has 2 aromatic rings. The summed E-state index contributed by atoms with van der Waals surface area (Å²) in [6.45, 7) is 9.87. The van der Waals surface area contributed by atoms with E-state index in [1.807, 2.05) is 6.07 Å². The summed E-state index contributed by atoms with van der Waals surface area (Å²) in [7, 11) is 0. The molecule has 1 aromatic heterocycles. The summed E-state index contributed by atoms with van der Waals surface area (Å²) in [4.78, 5) is 16.1. The molecule has 0 aliphatic carbocycles. The Morgan fingerprint density at radius 2 is 1.75 bits per heavy atom. The van der Waals surface area contributed by atoms with Crippen LogP contribution in [0.2, 0.25) is 0 Å². The highest BCUT2D eigenvalue weighted by Crippen LogP contribution is 2.32. The minimum absolute atomic E-state index is 0.168. The Labute approximate surface area is 142 Å². The first-order valence-corrected chi connectivity index (χ1v) is 8.22. The van der Waals surface area contributed by atoms with E-state index in [1.54, 1.807) is 12.1 Å². The maximum atomic E-state index is 13.3. The molecular weight excluding hydrogens is 305 g/mol. The lowest BCUT2D eigenvalue weighted by atomic mass is 9.92. The van der Waals surface area contributed by atoms with E-state index in [1.165, 1.54) is 19.1 Å². The molecule has 0 saturated carbocycles. The third kappa shape index (κ3) is 4.19. The van der Waals surface area contributed by atoms with Gasteiger partial charge in [-0.3, -0.25) is 9.78 Å². The van der Waals surface area contributed by atoms with Gasteiger partial charge in [0, 0.05) is 18.2 Å². The van der Waals surface area contributed by atoms with Crippen molar-refractivity contribution in [2.24, 2.45) is 0 Å². The maximum Gasteiger partial charge on any atom is 0.302 e. The van der Waals surface area contributed by atoms with Crippen LogP contribution in [0.1, 0.15) is 63.4 Å². The summed E-state index contributed by atoms with van der Waals surface area (Å²) in [6, 6.07) is 8.39. The Kier molecular flexibility index (Phi) is 5.71. The molecule has 3 nitrogen and oxygen atoms in total. The second kappa shape index (κ2) is 7.56. The third-order valence-corrected chi connectivity index (χ3v) is 3.89. The van der Waals surface area contributed by atoms with E-state index in [-0.39, 0.29) is 30.2 Å². The fourth-order valence-corrected chi connectivity index (χ4v) is 2.60. The van der Waals surface area contributed by atoms with Gasteiger partial charge in [0.15, 0.2) is 0 Å². The SMILES string of the molecule is CC(=O)OCc1c(-c2ccc(F)cc2)cc(C(C)C)nc1C(C)C. The lowest BCUT2D eigenvalue weighted by molar-refractivity contribution is -0.142. The average Bonchev–Trinajstić information content (AvgIpc) is 2.52. The van der Waals surface area contributed by atoms with Gasteiger partial charge in [-0.1, -0.05) is 39.8 Å². The van der Waals surface area contributed by atoms with E-state index >= 15 is 0 Å². The van der Waals surface area contributed by atoms with E-state index in [2.05, 4.69) is 27.7 Å². The van der Waals surface area contributed by atoms with Crippen LogP contribution in [0.15, 0.2) is 30.3 Å². The van der Waals surface area contributed by atoms with Crippen LogP contribution in [-0.4, -0.2) is 11.0 Å². The summed E-state index contributed by atoms with van der Waals surface area (Å²) in [5.74, 6) is -0.150. The van der Waals surface area contributed by atoms with Gasteiger partial charge in [0.1, 0.15) is 12.4 Å². The van der Waals surface area contributed by atoms with Gasteiger partial charge in [0.05, 0.1) is 5.69 Å². The van der Waals surface area contributed by atoms with E-state index < -0.39 is 0 Å². The molecular formula is C20H24FNO2. The monoisotopic (exact) mass is 329 g/mol. The van der Waals surface area contributed by atoms with Crippen LogP contribution in [0.25, 0.3) is 11.1 Å². The number of ether oxygens (including phenoxy) is 1. The molecule has 0 N–H and O–H groups in total. The number of hydrogen-bond donors (Lipinski definition) is 0. The van der Waals surface area contributed by atoms with Crippen molar-refractivity contribution in [1.29, 1.82) is 0 Å². The van der Waals surface area contributed by atoms with Gasteiger partial charge in [-0.15, -0.1) is 0 Å². The second-order valence-corrected chi connectivity index (χ2v) is 6.56. The molecule has 24 heavy (non-hydrogen) atoms. The highest BCUT2D eigenvalue weighted by molar-refractivity contribution is 5.70. The number of rotatable bonds is 5. The second-order valence-electron chi connectivity index (χ2n) is 6.56. The fourth-order valence-electron chi connectivity index (χ4n) is 2.60. The largest absolute Gasteiger partial charge is 0.461 e. The molecule has 0 atom stereocenters. The van der Waals surface area contributed by atoms with Gasteiger partial charge < -0.3 is 4.74 Å². The predicted octanol–water partition coefficient (Wildman–Crippen LogP) is 5.20. The van der Waals surface area contributed by atoms with E-state index in [4.69, 9.17) is 9.72 Å². The van der Waals surface area contributed by atoms with Crippen molar-refractivity contribution in [2.75, 3.05) is 0 Å². The average molecular weight is 329 g/mol. The van der Waals surface area contributed by atoms with Gasteiger partial charge in [0.2, 0.25) is 0 Å². The molecule has 0 aliphatic heterocycles. The first-order chi connectivity index (χ1) is 11.3. The Morgan fingerprint density at radius 1 is 1.12 bits per heavy atom. The van der Waals surface area contributed by atoms with Crippen molar-refractivity contribution in [2.45, 2.75) is 53.1 Å². The van der Waals surface area contributed by atoms with Gasteiger partial charge in [0.25, 0.3) is 0 Å². The number of carbonyl (C=O) groups excluding carboxylic acids is 1. The molecule has 0 amide bonds. The van der Waals surface area contributed by atoms with E-state index in [9.17, 15) is 9.18 Å². The third-order valence-electron chi connectivity index (χ3n) is 3.89. The van der Waals surface area contributed by atoms with Crippen molar-refractivity contribution in [3.63, 3.8) is 0 Å². The highest BCUT2D eigenvalue weighted by Gasteiger charge is 2.18. The lowest BCUT2D eigenvalue weighted by Crippen LogP contribution is -2.10. The maximum absolute atomic E-state index is 13.3. The Balaban J connectivity index is 2.66. The number of pyridine rings is 1. The quantitative estimate of drug-likeness (QED) is 0.708. The van der Waals surface area contributed by atoms with Crippen LogP contribution >= 0.6 is 0 Å². The topological polar surface area (TPSA) is 39.2 Å². The highest BCUT2D eigenvalue weighted by atomic mass is 19.1. The summed E-state index contributed by atoms with van der Waals surface area (Å²) in [5, 5.41) is 0. The smallest absolute Gasteiger partial charge is 0.302 e. The zero-order valence-corrected chi connectivity index (χ0v) is 14.9. The molecule has 0 bridgehead atoms. The van der Waals surface area contributed by atoms with Crippen LogP contribution in [0.5, 0.6) is 0 Å². The van der Waals surface area contributed by atoms with Gasteiger partial charge in [-0.05, 0) is 41.2 Å². The minimum Gasteiger partial charge on any atom is -0.461 e. The van der Waals surface area contributed by atoms with E-state index in [0.717, 1.165) is 28.1 Å². The minimum atomic E-state index is -0.331. The molecule has 0 saturated heterocycles. The molecule has 2 rings (SSSR count). The number of hydrogen-bond acceptors (Lipinski definition) is 3. The zero-order chi connectivity index (χ0) is 17.9. The molecule has 4 heteroatoms. The molecule has 0 fully saturated rings. The standard InChI is InChI=1S/C20H24FNO2/c1-12(2)19-10-17(15-6-8-16(21)9-7-15)18(11-24-14(5)23)20(22-19)13(3)4/h6-10,12-13H,11H2,1-5H3. The molecule has 0 unspecified atom stereocenters. The number of nitrogens with zero attached hydrogens (tertiary/aromatic N) is 1. The molecule has 1 aromatic carbocycles. The number of aromatic nitrogens is 1. The Hall–Kier alpha value is -2.23. The molecule has 0 aliphatic rings.